The van der Waals surface area contributed by atoms with Crippen LogP contribution in [0.25, 0.3) is 11.1 Å². The Morgan fingerprint density at radius 2 is 1.70 bits per heavy atom. The molecule has 0 aliphatic heterocycles. The minimum Gasteiger partial charge on any atom is -0.338 e. The van der Waals surface area contributed by atoms with Crippen LogP contribution in [0.5, 0.6) is 0 Å². The van der Waals surface area contributed by atoms with Crippen LogP contribution in [0.4, 0.5) is 0 Å². The third kappa shape index (κ3) is 4.14. The third-order valence-corrected chi connectivity index (χ3v) is 4.86. The first-order chi connectivity index (χ1) is 11.3. The summed E-state index contributed by atoms with van der Waals surface area (Å²) in [6.45, 7) is 0.683. The zero-order chi connectivity index (χ0) is 16.1. The minimum atomic E-state index is 0.399. The molecule has 23 heavy (non-hydrogen) atoms. The Morgan fingerprint density at radius 3 is 2.39 bits per heavy atom. The van der Waals surface area contributed by atoms with Crippen LogP contribution in [-0.2, 0) is 11.3 Å². The van der Waals surface area contributed by atoms with Gasteiger partial charge in [-0.1, -0.05) is 61.2 Å². The van der Waals surface area contributed by atoms with Gasteiger partial charge in [0.2, 0.25) is 6.41 Å². The van der Waals surface area contributed by atoms with Crippen LogP contribution in [0.15, 0.2) is 48.5 Å². The van der Waals surface area contributed by atoms with E-state index in [4.69, 9.17) is 11.6 Å². The highest BCUT2D eigenvalue weighted by molar-refractivity contribution is 6.30. The van der Waals surface area contributed by atoms with E-state index >= 15 is 0 Å². The van der Waals surface area contributed by atoms with Gasteiger partial charge in [0, 0.05) is 17.6 Å². The number of carbonyl (C=O) groups is 1. The largest absolute Gasteiger partial charge is 0.338 e. The van der Waals surface area contributed by atoms with Crippen LogP contribution in [0.1, 0.15) is 37.7 Å². The lowest BCUT2D eigenvalue weighted by molar-refractivity contribution is -0.121. The summed E-state index contributed by atoms with van der Waals surface area (Å²) in [6.07, 6.45) is 7.05. The molecule has 0 bridgehead atoms. The number of hydrogen-bond acceptors (Lipinski definition) is 1. The predicted molar refractivity (Wildman–Crippen MR) is 95.4 cm³/mol. The zero-order valence-electron chi connectivity index (χ0n) is 13.2. The van der Waals surface area contributed by atoms with Gasteiger partial charge in [-0.2, -0.15) is 0 Å². The van der Waals surface area contributed by atoms with E-state index in [1.54, 1.807) is 0 Å². The molecule has 3 rings (SSSR count). The highest BCUT2D eigenvalue weighted by Crippen LogP contribution is 2.26. The maximum Gasteiger partial charge on any atom is 0.210 e. The normalized spacial score (nSPS) is 15.3. The van der Waals surface area contributed by atoms with E-state index in [9.17, 15) is 4.79 Å². The van der Waals surface area contributed by atoms with Crippen LogP contribution in [0.3, 0.4) is 0 Å². The summed E-state index contributed by atoms with van der Waals surface area (Å²) in [4.78, 5) is 13.5. The summed E-state index contributed by atoms with van der Waals surface area (Å²) in [5.74, 6) is 0. The Balaban J connectivity index is 1.77. The number of carbonyl (C=O) groups excluding carboxylic acids is 1. The van der Waals surface area contributed by atoms with E-state index in [0.29, 0.717) is 12.6 Å². The van der Waals surface area contributed by atoms with Crippen LogP contribution in [0.2, 0.25) is 5.02 Å². The van der Waals surface area contributed by atoms with Crippen LogP contribution in [0, 0.1) is 0 Å². The van der Waals surface area contributed by atoms with Gasteiger partial charge in [-0.25, -0.2) is 0 Å². The van der Waals surface area contributed by atoms with Gasteiger partial charge in [0.05, 0.1) is 0 Å². The van der Waals surface area contributed by atoms with E-state index in [-0.39, 0.29) is 0 Å². The van der Waals surface area contributed by atoms with Crippen LogP contribution >= 0.6 is 11.6 Å². The molecular weight excluding hydrogens is 306 g/mol. The molecule has 1 aliphatic rings. The van der Waals surface area contributed by atoms with E-state index in [2.05, 4.69) is 30.3 Å². The molecule has 0 heterocycles. The van der Waals surface area contributed by atoms with Gasteiger partial charge in [-0.3, -0.25) is 4.79 Å². The molecule has 0 atom stereocenters. The molecule has 0 saturated heterocycles. The van der Waals surface area contributed by atoms with Gasteiger partial charge in [0.15, 0.2) is 0 Å². The molecule has 0 radical (unpaired) electrons. The third-order valence-electron chi connectivity index (χ3n) is 4.63. The molecule has 120 valence electrons. The van der Waals surface area contributed by atoms with E-state index in [1.165, 1.54) is 24.8 Å². The first-order valence-corrected chi connectivity index (χ1v) is 8.70. The van der Waals surface area contributed by atoms with Crippen molar-refractivity contribution in [3.05, 3.63) is 59.1 Å². The average molecular weight is 328 g/mol. The quantitative estimate of drug-likeness (QED) is 0.682. The summed E-state index contributed by atoms with van der Waals surface area (Å²) in [5, 5.41) is 0.740. The fourth-order valence-electron chi connectivity index (χ4n) is 3.39. The first kappa shape index (κ1) is 16.1. The minimum absolute atomic E-state index is 0.399. The molecule has 0 spiro atoms. The Bertz CT molecular complexity index is 664. The molecule has 0 unspecified atom stereocenters. The highest BCUT2D eigenvalue weighted by Gasteiger charge is 2.19. The fraction of sp³-hybridized carbons (Fsp3) is 0.350. The SMILES string of the molecule is O=CN(Cc1cccc(-c2cccc(Cl)c2)c1)C1CCCCC1. The van der Waals surface area contributed by atoms with Crippen molar-refractivity contribution < 1.29 is 4.79 Å². The first-order valence-electron chi connectivity index (χ1n) is 8.32. The van der Waals surface area contributed by atoms with Gasteiger partial charge in [0.25, 0.3) is 0 Å². The summed E-state index contributed by atoms with van der Waals surface area (Å²) in [7, 11) is 0. The van der Waals surface area contributed by atoms with E-state index in [0.717, 1.165) is 35.4 Å². The molecule has 0 aromatic heterocycles. The number of hydrogen-bond donors (Lipinski definition) is 0. The molecule has 1 amide bonds. The molecule has 1 aliphatic carbocycles. The van der Waals surface area contributed by atoms with Gasteiger partial charge < -0.3 is 4.90 Å². The van der Waals surface area contributed by atoms with Crippen molar-refractivity contribution in [3.63, 3.8) is 0 Å². The number of amides is 1. The number of rotatable bonds is 5. The highest BCUT2D eigenvalue weighted by atomic mass is 35.5. The summed E-state index contributed by atoms with van der Waals surface area (Å²) in [5.41, 5.74) is 3.41. The van der Waals surface area contributed by atoms with Crippen LogP contribution < -0.4 is 0 Å². The molecule has 2 nitrogen and oxygen atoms in total. The van der Waals surface area contributed by atoms with Gasteiger partial charge in [-0.15, -0.1) is 0 Å². The van der Waals surface area contributed by atoms with E-state index in [1.807, 2.05) is 23.1 Å². The smallest absolute Gasteiger partial charge is 0.210 e. The fourth-order valence-corrected chi connectivity index (χ4v) is 3.58. The molecular formula is C20H22ClNO. The monoisotopic (exact) mass is 327 g/mol. The lowest BCUT2D eigenvalue weighted by Crippen LogP contribution is -2.35. The molecule has 3 heteroatoms. The lowest BCUT2D eigenvalue weighted by atomic mass is 9.94. The summed E-state index contributed by atoms with van der Waals surface area (Å²) in [6, 6.07) is 16.7. The Labute approximate surface area is 143 Å². The maximum atomic E-state index is 11.5. The van der Waals surface area contributed by atoms with Crippen molar-refractivity contribution in [2.24, 2.45) is 0 Å². The van der Waals surface area contributed by atoms with Gasteiger partial charge in [0.1, 0.15) is 0 Å². The van der Waals surface area contributed by atoms with Crippen molar-refractivity contribution >= 4 is 18.0 Å². The summed E-state index contributed by atoms with van der Waals surface area (Å²) >= 11 is 6.09. The van der Waals surface area contributed by atoms with Crippen molar-refractivity contribution in [3.8, 4) is 11.1 Å². The average Bonchev–Trinajstić information content (AvgIpc) is 2.61. The Morgan fingerprint density at radius 1 is 1.00 bits per heavy atom. The Hall–Kier alpha value is -1.80. The Kier molecular flexibility index (Phi) is 5.35. The van der Waals surface area contributed by atoms with Crippen molar-refractivity contribution in [2.45, 2.75) is 44.7 Å². The second-order valence-electron chi connectivity index (χ2n) is 6.28. The topological polar surface area (TPSA) is 20.3 Å². The van der Waals surface area contributed by atoms with Gasteiger partial charge in [-0.05, 0) is 47.7 Å². The summed E-state index contributed by atoms with van der Waals surface area (Å²) < 4.78 is 0. The second-order valence-corrected chi connectivity index (χ2v) is 6.72. The molecule has 1 saturated carbocycles. The second kappa shape index (κ2) is 7.65. The molecule has 2 aromatic carbocycles. The molecule has 0 N–H and O–H groups in total. The zero-order valence-corrected chi connectivity index (χ0v) is 14.0. The van der Waals surface area contributed by atoms with E-state index < -0.39 is 0 Å². The molecule has 1 fully saturated rings. The van der Waals surface area contributed by atoms with Crippen molar-refractivity contribution in [1.82, 2.24) is 4.90 Å². The maximum absolute atomic E-state index is 11.5. The van der Waals surface area contributed by atoms with Crippen molar-refractivity contribution in [1.29, 1.82) is 0 Å². The molecule has 2 aromatic rings. The van der Waals surface area contributed by atoms with Crippen molar-refractivity contribution in [2.75, 3.05) is 0 Å². The number of halogens is 1. The van der Waals surface area contributed by atoms with Gasteiger partial charge >= 0.3 is 0 Å². The number of benzene rings is 2. The number of nitrogens with zero attached hydrogens (tertiary/aromatic N) is 1. The lowest BCUT2D eigenvalue weighted by Gasteiger charge is -2.31. The predicted octanol–water partition coefficient (Wildman–Crippen LogP) is 5.30. The van der Waals surface area contributed by atoms with Crippen LogP contribution in [-0.4, -0.2) is 17.4 Å². The standard InChI is InChI=1S/C20H22ClNO/c21-19-9-5-8-18(13-19)17-7-4-6-16(12-17)14-22(15-23)20-10-2-1-3-11-20/h4-9,12-13,15,20H,1-3,10-11,14H2.